The second-order valence-corrected chi connectivity index (χ2v) is 4.46. The predicted molar refractivity (Wildman–Crippen MR) is 66.4 cm³/mol. The Hall–Kier alpha value is -0.930. The van der Waals surface area contributed by atoms with Crippen molar-refractivity contribution in [1.29, 1.82) is 0 Å². The molecule has 1 aromatic rings. The van der Waals surface area contributed by atoms with E-state index in [0.29, 0.717) is 0 Å². The Balaban J connectivity index is 0.000000160. The molecule has 16 heavy (non-hydrogen) atoms. The van der Waals surface area contributed by atoms with Crippen molar-refractivity contribution >= 4 is 0 Å². The van der Waals surface area contributed by atoms with Crippen molar-refractivity contribution in [3.05, 3.63) is 29.6 Å². The quantitative estimate of drug-likeness (QED) is 0.727. The number of rotatable bonds is 0. The predicted octanol–water partition coefficient (Wildman–Crippen LogP) is 1.77. The first-order valence-corrected chi connectivity index (χ1v) is 5.84. The monoisotopic (exact) mass is 222 g/mol. The van der Waals surface area contributed by atoms with Gasteiger partial charge in [0.15, 0.2) is 0 Å². The van der Waals surface area contributed by atoms with Gasteiger partial charge in [-0.1, -0.05) is 6.07 Å². The first-order valence-electron chi connectivity index (χ1n) is 5.84. The third-order valence-corrected chi connectivity index (χ3v) is 2.87. The zero-order chi connectivity index (χ0) is 12.0. The van der Waals surface area contributed by atoms with Gasteiger partial charge in [-0.2, -0.15) is 0 Å². The molecule has 0 radical (unpaired) electrons. The maximum absolute atomic E-state index is 9.04. The fourth-order valence-corrected chi connectivity index (χ4v) is 1.70. The Morgan fingerprint density at radius 3 is 2.56 bits per heavy atom. The third-order valence-electron chi connectivity index (χ3n) is 2.87. The summed E-state index contributed by atoms with van der Waals surface area (Å²) < 4.78 is 0. The molecule has 1 atom stereocenters. The van der Waals surface area contributed by atoms with Crippen molar-refractivity contribution in [3.8, 4) is 0 Å². The number of aliphatic hydroxyl groups is 1. The van der Waals surface area contributed by atoms with Crippen LogP contribution in [0.3, 0.4) is 0 Å². The zero-order valence-corrected chi connectivity index (χ0v) is 10.5. The molecule has 0 bridgehead atoms. The maximum atomic E-state index is 9.04. The number of aliphatic hydroxyl groups excluding tert-OH is 1. The smallest absolute Gasteiger partial charge is 0.0667 e. The van der Waals surface area contributed by atoms with Crippen molar-refractivity contribution in [3.63, 3.8) is 0 Å². The second-order valence-electron chi connectivity index (χ2n) is 4.46. The maximum Gasteiger partial charge on any atom is 0.0667 e. The summed E-state index contributed by atoms with van der Waals surface area (Å²) in [7, 11) is 2.04. The summed E-state index contributed by atoms with van der Waals surface area (Å²) in [4.78, 5) is 6.24. The normalized spacial score (nSPS) is 21.1. The van der Waals surface area contributed by atoms with E-state index in [0.717, 1.165) is 31.6 Å². The minimum Gasteiger partial charge on any atom is -0.392 e. The van der Waals surface area contributed by atoms with Gasteiger partial charge in [-0.05, 0) is 51.9 Å². The molecule has 0 amide bonds. The van der Waals surface area contributed by atoms with Crippen LogP contribution in [0, 0.1) is 13.8 Å². The van der Waals surface area contributed by atoms with E-state index in [1.54, 1.807) is 0 Å². The Kier molecular flexibility index (Phi) is 5.43. The van der Waals surface area contributed by atoms with Gasteiger partial charge in [0, 0.05) is 18.4 Å². The van der Waals surface area contributed by atoms with Gasteiger partial charge < -0.3 is 10.0 Å². The fraction of sp³-hybridized carbons (Fsp3) is 0.615. The summed E-state index contributed by atoms with van der Waals surface area (Å²) in [5, 5.41) is 9.04. The van der Waals surface area contributed by atoms with Crippen LogP contribution in [0.4, 0.5) is 0 Å². The molecule has 1 aromatic heterocycles. The highest BCUT2D eigenvalue weighted by atomic mass is 16.3. The summed E-state index contributed by atoms with van der Waals surface area (Å²) in [6.07, 6.45) is 3.89. The van der Waals surface area contributed by atoms with E-state index in [1.165, 1.54) is 5.56 Å². The van der Waals surface area contributed by atoms with Crippen molar-refractivity contribution < 1.29 is 5.11 Å². The van der Waals surface area contributed by atoms with Crippen molar-refractivity contribution in [2.75, 3.05) is 20.1 Å². The van der Waals surface area contributed by atoms with Crippen LogP contribution in [0.25, 0.3) is 0 Å². The van der Waals surface area contributed by atoms with Crippen LogP contribution in [0.2, 0.25) is 0 Å². The van der Waals surface area contributed by atoms with E-state index in [-0.39, 0.29) is 6.10 Å². The van der Waals surface area contributed by atoms with E-state index >= 15 is 0 Å². The Morgan fingerprint density at radius 2 is 2.19 bits per heavy atom. The number of likely N-dealkylation sites (tertiary alicyclic amines) is 1. The van der Waals surface area contributed by atoms with E-state index in [9.17, 15) is 0 Å². The Labute approximate surface area is 98.1 Å². The number of aromatic nitrogens is 1. The lowest BCUT2D eigenvalue weighted by Gasteiger charge is -2.25. The standard InChI is InChI=1S/C7H9N.C6H13NO/c1-6-4-3-5-8-7(6)2;1-7-4-2-3-6(8)5-7/h3-5H,1-2H3;6,8H,2-5H2,1H3. The number of β-amino-alcohol motifs (C(OH)–C–C–N with tert-alkyl or cyclic N) is 1. The van der Waals surface area contributed by atoms with E-state index in [2.05, 4.69) is 22.9 Å². The van der Waals surface area contributed by atoms with Crippen LogP contribution in [0.5, 0.6) is 0 Å². The molecular formula is C13H22N2O. The van der Waals surface area contributed by atoms with Crippen LogP contribution >= 0.6 is 0 Å². The number of hydrogen-bond donors (Lipinski definition) is 1. The molecule has 1 saturated heterocycles. The zero-order valence-electron chi connectivity index (χ0n) is 10.5. The molecule has 0 saturated carbocycles. The molecule has 0 spiro atoms. The van der Waals surface area contributed by atoms with Gasteiger partial charge in [0.25, 0.3) is 0 Å². The highest BCUT2D eigenvalue weighted by Crippen LogP contribution is 2.06. The summed E-state index contributed by atoms with van der Waals surface area (Å²) in [5.41, 5.74) is 2.38. The lowest BCUT2D eigenvalue weighted by Crippen LogP contribution is -2.34. The molecule has 90 valence electrons. The van der Waals surface area contributed by atoms with Crippen LogP contribution in [-0.2, 0) is 0 Å². The van der Waals surface area contributed by atoms with Gasteiger partial charge in [-0.3, -0.25) is 4.98 Å². The molecule has 2 rings (SSSR count). The minimum absolute atomic E-state index is 0.0613. The number of hydrogen-bond acceptors (Lipinski definition) is 3. The van der Waals surface area contributed by atoms with Crippen molar-refractivity contribution in [2.45, 2.75) is 32.8 Å². The van der Waals surface area contributed by atoms with Gasteiger partial charge in [-0.15, -0.1) is 0 Å². The van der Waals surface area contributed by atoms with Gasteiger partial charge >= 0.3 is 0 Å². The lowest BCUT2D eigenvalue weighted by atomic mass is 10.1. The molecule has 0 aliphatic carbocycles. The van der Waals surface area contributed by atoms with Crippen LogP contribution in [0.1, 0.15) is 24.1 Å². The SMILES string of the molecule is CN1CCCC(O)C1.Cc1cccnc1C. The van der Waals surface area contributed by atoms with E-state index in [1.807, 2.05) is 26.2 Å². The highest BCUT2D eigenvalue weighted by molar-refractivity contribution is 5.15. The topological polar surface area (TPSA) is 36.4 Å². The summed E-state index contributed by atoms with van der Waals surface area (Å²) in [5.74, 6) is 0. The molecule has 1 aliphatic rings. The average molecular weight is 222 g/mol. The second kappa shape index (κ2) is 6.61. The van der Waals surface area contributed by atoms with Gasteiger partial charge in [0.1, 0.15) is 0 Å². The van der Waals surface area contributed by atoms with Gasteiger partial charge in [-0.25, -0.2) is 0 Å². The summed E-state index contributed by atoms with van der Waals surface area (Å²) in [6.45, 7) is 6.08. The van der Waals surface area contributed by atoms with Crippen molar-refractivity contribution in [1.82, 2.24) is 9.88 Å². The van der Waals surface area contributed by atoms with E-state index < -0.39 is 0 Å². The molecule has 1 fully saturated rings. The first-order chi connectivity index (χ1) is 7.59. The Morgan fingerprint density at radius 1 is 1.44 bits per heavy atom. The summed E-state index contributed by atoms with van der Waals surface area (Å²) >= 11 is 0. The number of piperidine rings is 1. The third kappa shape index (κ3) is 4.73. The lowest BCUT2D eigenvalue weighted by molar-refractivity contribution is 0.0846. The number of likely N-dealkylation sites (N-methyl/N-ethyl adjacent to an activating group) is 1. The summed E-state index contributed by atoms with van der Waals surface area (Å²) in [6, 6.07) is 4.00. The average Bonchev–Trinajstić information content (AvgIpc) is 2.23. The molecule has 3 heteroatoms. The molecule has 1 unspecified atom stereocenters. The number of aryl methyl sites for hydroxylation is 2. The molecule has 1 aliphatic heterocycles. The highest BCUT2D eigenvalue weighted by Gasteiger charge is 2.12. The minimum atomic E-state index is -0.0613. The molecule has 0 aromatic carbocycles. The van der Waals surface area contributed by atoms with E-state index in [4.69, 9.17) is 5.11 Å². The van der Waals surface area contributed by atoms with Crippen molar-refractivity contribution in [2.24, 2.45) is 0 Å². The molecule has 3 nitrogen and oxygen atoms in total. The fourth-order valence-electron chi connectivity index (χ4n) is 1.70. The van der Waals surface area contributed by atoms with Crippen LogP contribution in [0.15, 0.2) is 18.3 Å². The van der Waals surface area contributed by atoms with Crippen LogP contribution in [-0.4, -0.2) is 41.2 Å². The molecule has 2 heterocycles. The van der Waals surface area contributed by atoms with Crippen LogP contribution < -0.4 is 0 Å². The number of nitrogens with zero attached hydrogens (tertiary/aromatic N) is 2. The largest absolute Gasteiger partial charge is 0.392 e. The molecular weight excluding hydrogens is 200 g/mol. The first kappa shape index (κ1) is 13.1. The number of pyridine rings is 1. The Bertz CT molecular complexity index is 286. The molecule has 1 N–H and O–H groups in total. The van der Waals surface area contributed by atoms with Gasteiger partial charge in [0.05, 0.1) is 6.10 Å². The van der Waals surface area contributed by atoms with Gasteiger partial charge in [0.2, 0.25) is 0 Å².